The number of allylic oxidation sites excluding steroid dienone is 2. The van der Waals surface area contributed by atoms with Gasteiger partial charge >= 0.3 is 0 Å². The Balaban J connectivity index is 1.41. The molecule has 4 aromatic heterocycles. The normalized spacial score (nSPS) is 11.6. The lowest BCUT2D eigenvalue weighted by molar-refractivity contribution is 0.0991. The molecule has 20 nitrogen and oxygen atoms in total. The second kappa shape index (κ2) is 17.6. The molecule has 0 unspecified atom stereocenters. The number of hydrogen-bond acceptors (Lipinski definition) is 12. The van der Waals surface area contributed by atoms with Crippen LogP contribution in [0.2, 0.25) is 0 Å². The van der Waals surface area contributed by atoms with Crippen molar-refractivity contribution < 1.29 is 28.7 Å². The van der Waals surface area contributed by atoms with Gasteiger partial charge in [-0.05, 0) is 70.5 Å². The smallest absolute Gasteiger partial charge is 0.276 e. The zero-order valence-corrected chi connectivity index (χ0v) is 33.8. The van der Waals surface area contributed by atoms with Crippen LogP contribution in [0, 0.1) is 13.8 Å². The lowest BCUT2D eigenvalue weighted by Crippen LogP contribution is -2.27. The Bertz CT molecular complexity index is 2590. The summed E-state index contributed by atoms with van der Waals surface area (Å²) < 4.78 is 18.6. The van der Waals surface area contributed by atoms with Gasteiger partial charge in [0, 0.05) is 50.9 Å². The molecule has 0 atom stereocenters. The van der Waals surface area contributed by atoms with E-state index in [1.807, 2.05) is 26.0 Å². The monoisotopic (exact) mass is 808 g/mol. The maximum Gasteiger partial charge on any atom is 0.276 e. The highest BCUT2D eigenvalue weighted by Crippen LogP contribution is 2.33. The number of nitrogens with two attached hydrogens (primary N) is 3. The highest BCUT2D eigenvalue weighted by atomic mass is 16.5. The van der Waals surface area contributed by atoms with Gasteiger partial charge in [-0.2, -0.15) is 10.2 Å². The van der Waals surface area contributed by atoms with Crippen molar-refractivity contribution in [3.63, 3.8) is 0 Å². The fraction of sp³-hybridized carbons (Fsp3) is 0.333. The first kappa shape index (κ1) is 41.6. The molecule has 20 heteroatoms. The number of benzene rings is 2. The van der Waals surface area contributed by atoms with E-state index in [0.29, 0.717) is 82.4 Å². The summed E-state index contributed by atoms with van der Waals surface area (Å²) in [5.74, 6) is 4.57. The van der Waals surface area contributed by atoms with Crippen molar-refractivity contribution in [2.24, 2.45) is 17.3 Å². The number of ether oxygens (including phenoxy) is 2. The van der Waals surface area contributed by atoms with Crippen LogP contribution in [-0.2, 0) is 26.2 Å². The largest absolute Gasteiger partial charge is 0.494 e. The third-order valence-corrected chi connectivity index (χ3v) is 9.38. The van der Waals surface area contributed by atoms with Gasteiger partial charge in [-0.3, -0.25) is 50.0 Å². The molecule has 59 heavy (non-hydrogen) atoms. The van der Waals surface area contributed by atoms with Crippen molar-refractivity contribution >= 4 is 57.6 Å². The van der Waals surface area contributed by atoms with Gasteiger partial charge in [-0.25, -0.2) is 9.97 Å². The fourth-order valence-corrected chi connectivity index (χ4v) is 6.68. The molecule has 6 aromatic rings. The third-order valence-electron chi connectivity index (χ3n) is 9.38. The molecule has 6 rings (SSSR count). The van der Waals surface area contributed by atoms with Crippen LogP contribution >= 0.6 is 0 Å². The number of nitrogens with one attached hydrogen (secondary N) is 2. The molecule has 0 spiro atoms. The predicted octanol–water partition coefficient (Wildman–Crippen LogP) is 2.98. The van der Waals surface area contributed by atoms with Crippen LogP contribution in [0.4, 0.5) is 11.9 Å². The van der Waals surface area contributed by atoms with Crippen LogP contribution in [0.5, 0.6) is 11.5 Å². The zero-order chi connectivity index (χ0) is 42.5. The lowest BCUT2D eigenvalue weighted by Gasteiger charge is -2.14. The lowest BCUT2D eigenvalue weighted by atomic mass is 10.1. The van der Waals surface area contributed by atoms with E-state index in [-0.39, 0.29) is 42.7 Å². The van der Waals surface area contributed by atoms with E-state index in [4.69, 9.17) is 31.8 Å². The Morgan fingerprint density at radius 3 is 1.63 bits per heavy atom. The van der Waals surface area contributed by atoms with Crippen LogP contribution in [0.25, 0.3) is 22.1 Å². The second-order valence-corrected chi connectivity index (χ2v) is 13.7. The summed E-state index contributed by atoms with van der Waals surface area (Å²) in [4.78, 5) is 61.4. The number of carbonyl (C=O) groups excluding carboxylic acids is 4. The summed E-state index contributed by atoms with van der Waals surface area (Å²) in [6.45, 7) is 9.43. The summed E-state index contributed by atoms with van der Waals surface area (Å²) in [7, 11) is 3.20. The van der Waals surface area contributed by atoms with E-state index < -0.39 is 23.6 Å². The molecule has 4 amide bonds. The summed E-state index contributed by atoms with van der Waals surface area (Å²) in [6.07, 6.45) is 4.25. The molecular weight excluding hydrogens is 761 g/mol. The molecule has 0 aliphatic carbocycles. The number of aromatic nitrogens is 8. The topological polar surface area (TPSA) is 263 Å². The Hall–Kier alpha value is -7.06. The minimum Gasteiger partial charge on any atom is -0.494 e. The Labute approximate surface area is 338 Å². The molecule has 2 aromatic carbocycles. The van der Waals surface area contributed by atoms with E-state index in [1.165, 1.54) is 24.3 Å². The number of hydrogen-bond donors (Lipinski definition) is 5. The van der Waals surface area contributed by atoms with Gasteiger partial charge in [-0.1, -0.05) is 12.2 Å². The van der Waals surface area contributed by atoms with Crippen LogP contribution in [0.1, 0.15) is 73.3 Å². The quantitative estimate of drug-likeness (QED) is 0.0363. The van der Waals surface area contributed by atoms with Crippen LogP contribution < -0.4 is 37.4 Å². The average molecular weight is 809 g/mol. The molecule has 4 heterocycles. The summed E-state index contributed by atoms with van der Waals surface area (Å²) in [5, 5.41) is 16.2. The van der Waals surface area contributed by atoms with Crippen LogP contribution in [0.15, 0.2) is 48.6 Å². The van der Waals surface area contributed by atoms with Gasteiger partial charge in [0.1, 0.15) is 33.9 Å². The highest BCUT2D eigenvalue weighted by molar-refractivity contribution is 6.05. The molecule has 0 fully saturated rings. The van der Waals surface area contributed by atoms with E-state index in [9.17, 15) is 19.2 Å². The first-order valence-corrected chi connectivity index (χ1v) is 18.9. The molecule has 0 aliphatic rings. The van der Waals surface area contributed by atoms with Crippen LogP contribution in [0.3, 0.4) is 0 Å². The molecule has 8 N–H and O–H groups in total. The van der Waals surface area contributed by atoms with E-state index in [0.717, 1.165) is 0 Å². The molecule has 0 saturated carbocycles. The molecule has 0 radical (unpaired) electrons. The second-order valence-electron chi connectivity index (χ2n) is 13.7. The Morgan fingerprint density at radius 2 is 1.20 bits per heavy atom. The first-order chi connectivity index (χ1) is 28.2. The van der Waals surface area contributed by atoms with Gasteiger partial charge in [-0.15, -0.1) is 0 Å². The fourth-order valence-electron chi connectivity index (χ4n) is 6.68. The minimum absolute atomic E-state index is 0.155. The molecule has 0 saturated heterocycles. The SMILES string of the molecule is CCn1nc(C)cc1C(=O)Nc1nc2cc(C(N)=O)cc(OC)c2n1C/C=C/Cn1c(NC(=O)c2cc(C)nn2CC)nc2cc(C(N)=O)cc(OCCCN(C)N)c21. The number of hydrazine groups is 1. The maximum absolute atomic E-state index is 13.7. The van der Waals surface area contributed by atoms with Crippen molar-refractivity contribution in [1.29, 1.82) is 0 Å². The highest BCUT2D eigenvalue weighted by Gasteiger charge is 2.23. The van der Waals surface area contributed by atoms with E-state index in [2.05, 4.69) is 25.8 Å². The number of methoxy groups -OCH3 is 1. The predicted molar refractivity (Wildman–Crippen MR) is 220 cm³/mol. The number of amides is 4. The molecular formula is C39H48N14O6. The summed E-state index contributed by atoms with van der Waals surface area (Å²) >= 11 is 0. The van der Waals surface area contributed by atoms with Gasteiger partial charge in [0.25, 0.3) is 11.8 Å². The van der Waals surface area contributed by atoms with Gasteiger partial charge < -0.3 is 30.1 Å². The third kappa shape index (κ3) is 8.92. The van der Waals surface area contributed by atoms with Crippen molar-refractivity contribution in [2.75, 3.05) is 37.9 Å². The van der Waals surface area contributed by atoms with Crippen molar-refractivity contribution in [1.82, 2.24) is 43.7 Å². The number of fused-ring (bicyclic) bond motifs is 2. The first-order valence-electron chi connectivity index (χ1n) is 18.9. The van der Waals surface area contributed by atoms with Crippen LogP contribution in [-0.4, -0.2) is 94.6 Å². The standard InChI is InChI=1S/C39H48N14O6/c1-7-52-28(16-22(3)47-52)36(56)45-38-43-26-18-24(34(40)54)20-30(58-6)32(26)50(38)13-9-10-14-51-33-27(19-25(35(41)55)21-31(33)59-15-11-12-49(5)42)44-39(51)46-37(57)29-17-23(4)48-53(29)8-2/h9-10,16-21H,7-8,11-15,42H2,1-6H3,(H2,40,54)(H2,41,55)(H,43,45,56)(H,44,46,57)/b10-9+. The van der Waals surface area contributed by atoms with Gasteiger partial charge in [0.2, 0.25) is 23.7 Å². The van der Waals surface area contributed by atoms with E-state index >= 15 is 0 Å². The Morgan fingerprint density at radius 1 is 0.746 bits per heavy atom. The average Bonchev–Trinajstić information content (AvgIpc) is 3.96. The number of aryl methyl sites for hydroxylation is 4. The number of rotatable bonds is 18. The molecule has 0 aliphatic heterocycles. The number of carbonyl (C=O) groups is 4. The molecule has 310 valence electrons. The van der Waals surface area contributed by atoms with E-state index in [1.54, 1.807) is 63.7 Å². The minimum atomic E-state index is -0.677. The summed E-state index contributed by atoms with van der Waals surface area (Å²) in [5.41, 5.74) is 15.4. The Kier molecular flexibility index (Phi) is 12.4. The van der Waals surface area contributed by atoms with Crippen molar-refractivity contribution in [3.8, 4) is 11.5 Å². The van der Waals surface area contributed by atoms with Crippen molar-refractivity contribution in [3.05, 3.63) is 82.5 Å². The van der Waals surface area contributed by atoms with Crippen molar-refractivity contribution in [2.45, 2.75) is 60.3 Å². The number of nitrogens with zero attached hydrogens (tertiary/aromatic N) is 9. The maximum atomic E-state index is 13.7. The molecule has 0 bridgehead atoms. The zero-order valence-electron chi connectivity index (χ0n) is 33.8. The van der Waals surface area contributed by atoms with Gasteiger partial charge in [0.05, 0.1) is 36.1 Å². The number of primary amides is 2. The number of imidazole rings is 2. The summed E-state index contributed by atoms with van der Waals surface area (Å²) in [6, 6.07) is 9.50. The van der Waals surface area contributed by atoms with Gasteiger partial charge in [0.15, 0.2) is 0 Å². The number of anilines is 2.